The van der Waals surface area contributed by atoms with Crippen molar-refractivity contribution in [1.29, 1.82) is 0 Å². The molecule has 28 heavy (non-hydrogen) atoms. The van der Waals surface area contributed by atoms with Crippen LogP contribution in [0.5, 0.6) is 5.75 Å². The second-order valence-electron chi connectivity index (χ2n) is 6.11. The van der Waals surface area contributed by atoms with E-state index in [-0.39, 0.29) is 5.69 Å². The summed E-state index contributed by atoms with van der Waals surface area (Å²) in [7, 11) is 0. The molecule has 0 aliphatic heterocycles. The van der Waals surface area contributed by atoms with E-state index >= 15 is 0 Å². The van der Waals surface area contributed by atoms with Crippen molar-refractivity contribution in [2.24, 2.45) is 0 Å². The number of pyridine rings is 1. The van der Waals surface area contributed by atoms with Crippen LogP contribution in [0.15, 0.2) is 53.7 Å². The van der Waals surface area contributed by atoms with Gasteiger partial charge in [0.15, 0.2) is 10.8 Å². The van der Waals surface area contributed by atoms with Gasteiger partial charge in [-0.3, -0.25) is 14.5 Å². The SMILES string of the molecule is Cc1cc2nnc(SCCOc3ccc([N+](=O)[O-])cc3)n2c2ccc(Cl)cc12. The van der Waals surface area contributed by atoms with Gasteiger partial charge >= 0.3 is 0 Å². The van der Waals surface area contributed by atoms with Gasteiger partial charge in [0, 0.05) is 28.3 Å². The number of aromatic nitrogens is 3. The van der Waals surface area contributed by atoms with Gasteiger partial charge in [0.1, 0.15) is 5.75 Å². The molecular formula is C19H15ClN4O3S. The van der Waals surface area contributed by atoms with Crippen LogP contribution in [0.4, 0.5) is 5.69 Å². The number of hydrogen-bond acceptors (Lipinski definition) is 6. The summed E-state index contributed by atoms with van der Waals surface area (Å²) in [6.45, 7) is 2.46. The Hall–Kier alpha value is -2.84. The van der Waals surface area contributed by atoms with Crippen molar-refractivity contribution in [3.63, 3.8) is 0 Å². The number of halogens is 1. The van der Waals surface area contributed by atoms with E-state index in [2.05, 4.69) is 10.2 Å². The van der Waals surface area contributed by atoms with Crippen molar-refractivity contribution in [1.82, 2.24) is 14.6 Å². The largest absolute Gasteiger partial charge is 0.493 e. The molecule has 4 rings (SSSR count). The Labute approximate surface area is 169 Å². The number of thioether (sulfide) groups is 1. The van der Waals surface area contributed by atoms with E-state index in [9.17, 15) is 10.1 Å². The van der Waals surface area contributed by atoms with E-state index in [0.717, 1.165) is 27.3 Å². The molecule has 0 unspecified atom stereocenters. The normalized spacial score (nSPS) is 11.2. The van der Waals surface area contributed by atoms with Crippen LogP contribution in [-0.4, -0.2) is 31.9 Å². The first kappa shape index (κ1) is 18.5. The highest BCUT2D eigenvalue weighted by molar-refractivity contribution is 7.99. The third-order valence-corrected chi connectivity index (χ3v) is 5.39. The molecule has 142 valence electrons. The lowest BCUT2D eigenvalue weighted by Crippen LogP contribution is -2.01. The second kappa shape index (κ2) is 7.65. The van der Waals surface area contributed by atoms with Crippen molar-refractivity contribution in [3.05, 3.63) is 69.2 Å². The molecule has 0 saturated heterocycles. The molecule has 2 aromatic heterocycles. The van der Waals surface area contributed by atoms with Crippen LogP contribution in [0.25, 0.3) is 16.6 Å². The minimum atomic E-state index is -0.435. The van der Waals surface area contributed by atoms with Crippen LogP contribution in [-0.2, 0) is 0 Å². The number of nitrogens with zero attached hydrogens (tertiary/aromatic N) is 4. The van der Waals surface area contributed by atoms with Crippen molar-refractivity contribution >= 4 is 45.6 Å². The molecule has 7 nitrogen and oxygen atoms in total. The molecule has 2 heterocycles. The summed E-state index contributed by atoms with van der Waals surface area (Å²) in [4.78, 5) is 10.2. The quantitative estimate of drug-likeness (QED) is 0.193. The monoisotopic (exact) mass is 414 g/mol. The van der Waals surface area contributed by atoms with Crippen LogP contribution in [0.2, 0.25) is 5.02 Å². The van der Waals surface area contributed by atoms with Crippen LogP contribution < -0.4 is 4.74 Å². The molecule has 0 radical (unpaired) electrons. The molecule has 0 spiro atoms. The molecule has 2 aromatic carbocycles. The Kier molecular flexibility index (Phi) is 5.06. The van der Waals surface area contributed by atoms with E-state index in [4.69, 9.17) is 16.3 Å². The highest BCUT2D eigenvalue weighted by atomic mass is 35.5. The van der Waals surface area contributed by atoms with Crippen molar-refractivity contribution in [3.8, 4) is 5.75 Å². The molecule has 0 atom stereocenters. The Morgan fingerprint density at radius 1 is 1.18 bits per heavy atom. The van der Waals surface area contributed by atoms with Crippen molar-refractivity contribution in [2.45, 2.75) is 12.1 Å². The second-order valence-corrected chi connectivity index (χ2v) is 7.61. The Bertz CT molecular complexity index is 1180. The van der Waals surface area contributed by atoms with E-state index in [1.54, 1.807) is 12.1 Å². The van der Waals surface area contributed by atoms with Crippen LogP contribution in [0, 0.1) is 17.0 Å². The summed E-state index contributed by atoms with van der Waals surface area (Å²) in [5, 5.41) is 21.8. The zero-order valence-corrected chi connectivity index (χ0v) is 16.4. The third-order valence-electron chi connectivity index (χ3n) is 4.26. The van der Waals surface area contributed by atoms with E-state index < -0.39 is 4.92 Å². The fourth-order valence-corrected chi connectivity index (χ4v) is 3.88. The van der Waals surface area contributed by atoms with E-state index in [0.29, 0.717) is 23.1 Å². The molecule has 0 aliphatic rings. The van der Waals surface area contributed by atoms with Gasteiger partial charge in [0.25, 0.3) is 5.69 Å². The van der Waals surface area contributed by atoms with Gasteiger partial charge in [-0.05, 0) is 48.9 Å². The maximum absolute atomic E-state index is 10.7. The summed E-state index contributed by atoms with van der Waals surface area (Å²) >= 11 is 7.68. The Morgan fingerprint density at radius 3 is 2.71 bits per heavy atom. The topological polar surface area (TPSA) is 82.6 Å². The zero-order chi connectivity index (χ0) is 19.7. The molecule has 0 aliphatic carbocycles. The summed E-state index contributed by atoms with van der Waals surface area (Å²) in [5.74, 6) is 1.24. The predicted octanol–water partition coefficient (Wildman–Crippen LogP) is 4.92. The van der Waals surface area contributed by atoms with Gasteiger partial charge < -0.3 is 4.74 Å². The number of ether oxygens (including phenoxy) is 1. The maximum atomic E-state index is 10.7. The van der Waals surface area contributed by atoms with Gasteiger partial charge in [-0.25, -0.2) is 0 Å². The Balaban J connectivity index is 1.48. The van der Waals surface area contributed by atoms with Gasteiger partial charge in [-0.15, -0.1) is 10.2 Å². The smallest absolute Gasteiger partial charge is 0.269 e. The lowest BCUT2D eigenvalue weighted by molar-refractivity contribution is -0.384. The summed E-state index contributed by atoms with van der Waals surface area (Å²) in [5.41, 5.74) is 2.92. The molecule has 0 amide bonds. The number of benzene rings is 2. The number of non-ortho nitro benzene ring substituents is 1. The number of aryl methyl sites for hydroxylation is 1. The molecule has 4 aromatic rings. The maximum Gasteiger partial charge on any atom is 0.269 e. The van der Waals surface area contributed by atoms with Crippen molar-refractivity contribution < 1.29 is 9.66 Å². The molecule has 9 heteroatoms. The van der Waals surface area contributed by atoms with E-state index in [1.807, 2.05) is 35.6 Å². The van der Waals surface area contributed by atoms with Gasteiger partial charge in [0.2, 0.25) is 0 Å². The number of nitro benzene ring substituents is 1. The number of fused-ring (bicyclic) bond motifs is 3. The molecule has 0 bridgehead atoms. The molecule has 0 saturated carbocycles. The average Bonchev–Trinajstić information content (AvgIpc) is 3.08. The van der Waals surface area contributed by atoms with Crippen LogP contribution in [0.1, 0.15) is 5.56 Å². The summed E-state index contributed by atoms with van der Waals surface area (Å²) in [6, 6.07) is 13.8. The first-order valence-electron chi connectivity index (χ1n) is 8.47. The standard InChI is InChI=1S/C19H15ClN4O3S/c1-12-10-18-21-22-19(23(18)17-7-2-13(20)11-16(12)17)28-9-8-27-15-5-3-14(4-6-15)24(25)26/h2-7,10-11H,8-9H2,1H3. The average molecular weight is 415 g/mol. The fourth-order valence-electron chi connectivity index (χ4n) is 2.94. The number of hydrogen-bond donors (Lipinski definition) is 0. The minimum absolute atomic E-state index is 0.0407. The summed E-state index contributed by atoms with van der Waals surface area (Å²) < 4.78 is 7.66. The zero-order valence-electron chi connectivity index (χ0n) is 14.8. The lowest BCUT2D eigenvalue weighted by atomic mass is 10.1. The fraction of sp³-hybridized carbons (Fsp3) is 0.158. The predicted molar refractivity (Wildman–Crippen MR) is 110 cm³/mol. The highest BCUT2D eigenvalue weighted by Crippen LogP contribution is 2.28. The van der Waals surface area contributed by atoms with Crippen LogP contribution in [0.3, 0.4) is 0 Å². The molecule has 0 fully saturated rings. The molecule has 0 N–H and O–H groups in total. The van der Waals surface area contributed by atoms with Crippen LogP contribution >= 0.6 is 23.4 Å². The summed E-state index contributed by atoms with van der Waals surface area (Å²) in [6.07, 6.45) is 0. The number of rotatable bonds is 6. The van der Waals surface area contributed by atoms with Gasteiger partial charge in [-0.2, -0.15) is 0 Å². The third kappa shape index (κ3) is 3.61. The first-order valence-corrected chi connectivity index (χ1v) is 9.83. The molecular weight excluding hydrogens is 400 g/mol. The number of nitro groups is 1. The van der Waals surface area contributed by atoms with Crippen molar-refractivity contribution in [2.75, 3.05) is 12.4 Å². The van der Waals surface area contributed by atoms with Gasteiger partial charge in [-0.1, -0.05) is 23.4 Å². The first-order chi connectivity index (χ1) is 13.5. The minimum Gasteiger partial charge on any atom is -0.493 e. The van der Waals surface area contributed by atoms with Gasteiger partial charge in [0.05, 0.1) is 17.0 Å². The highest BCUT2D eigenvalue weighted by Gasteiger charge is 2.12. The lowest BCUT2D eigenvalue weighted by Gasteiger charge is -2.08. The Morgan fingerprint density at radius 2 is 1.96 bits per heavy atom. The van der Waals surface area contributed by atoms with E-state index in [1.165, 1.54) is 23.9 Å².